The lowest BCUT2D eigenvalue weighted by Gasteiger charge is -2.27. The van der Waals surface area contributed by atoms with Gasteiger partial charge in [0, 0.05) is 19.6 Å². The predicted octanol–water partition coefficient (Wildman–Crippen LogP) is 4.59. The van der Waals surface area contributed by atoms with Crippen LogP contribution >= 0.6 is 11.3 Å². The summed E-state index contributed by atoms with van der Waals surface area (Å²) in [5, 5.41) is 7.27. The van der Waals surface area contributed by atoms with Gasteiger partial charge in [-0.3, -0.25) is 0 Å². The first-order valence-corrected chi connectivity index (χ1v) is 9.91. The van der Waals surface area contributed by atoms with E-state index in [9.17, 15) is 4.79 Å². The molecule has 1 aromatic heterocycles. The smallest absolute Gasteiger partial charge is 0.317 e. The number of carbonyl (C=O) groups is 1. The average molecular weight is 361 g/mol. The Balaban J connectivity index is 0.00000109. The van der Waals surface area contributed by atoms with Crippen LogP contribution in [-0.4, -0.2) is 43.8 Å². The van der Waals surface area contributed by atoms with Crippen molar-refractivity contribution < 1.29 is 9.53 Å². The van der Waals surface area contributed by atoms with Crippen molar-refractivity contribution in [2.75, 3.05) is 32.8 Å². The quantitative estimate of drug-likeness (QED) is 0.867. The molecule has 1 unspecified atom stereocenters. The number of hydrogen-bond donors (Lipinski definition) is 1. The summed E-state index contributed by atoms with van der Waals surface area (Å²) in [5.41, 5.74) is 3.74. The van der Waals surface area contributed by atoms with Crippen molar-refractivity contribution in [2.45, 2.75) is 26.7 Å². The van der Waals surface area contributed by atoms with Crippen molar-refractivity contribution in [1.29, 1.82) is 0 Å². The molecule has 2 amide bonds. The van der Waals surface area contributed by atoms with E-state index in [1.807, 2.05) is 18.7 Å². The third-order valence-electron chi connectivity index (χ3n) is 4.19. The van der Waals surface area contributed by atoms with Crippen molar-refractivity contribution in [3.63, 3.8) is 0 Å². The first-order valence-electron chi connectivity index (χ1n) is 8.97. The predicted molar refractivity (Wildman–Crippen MR) is 105 cm³/mol. The Kier molecular flexibility index (Phi) is 7.95. The number of benzene rings is 1. The lowest BCUT2D eigenvalue weighted by atomic mass is 9.98. The third-order valence-corrected chi connectivity index (χ3v) is 4.88. The Hall–Kier alpha value is -1.85. The molecule has 0 saturated carbocycles. The summed E-state index contributed by atoms with van der Waals surface area (Å²) in [6, 6.07) is 10.7. The number of urea groups is 1. The fourth-order valence-electron chi connectivity index (χ4n) is 2.67. The maximum absolute atomic E-state index is 12.1. The molecule has 5 heteroatoms. The molecular weight excluding hydrogens is 332 g/mol. The van der Waals surface area contributed by atoms with Crippen LogP contribution in [0, 0.1) is 0 Å². The van der Waals surface area contributed by atoms with E-state index in [4.69, 9.17) is 4.74 Å². The van der Waals surface area contributed by atoms with E-state index in [1.165, 1.54) is 16.7 Å². The Morgan fingerprint density at radius 3 is 2.44 bits per heavy atom. The van der Waals surface area contributed by atoms with Crippen molar-refractivity contribution in [2.24, 2.45) is 0 Å². The summed E-state index contributed by atoms with van der Waals surface area (Å²) >= 11 is 1.71. The molecule has 136 valence electrons. The number of thiophene rings is 1. The number of amides is 2. The van der Waals surface area contributed by atoms with E-state index in [-0.39, 0.29) is 11.9 Å². The highest BCUT2D eigenvalue weighted by Crippen LogP contribution is 2.24. The van der Waals surface area contributed by atoms with Crippen LogP contribution in [0.5, 0.6) is 0 Å². The number of hydrogen-bond acceptors (Lipinski definition) is 3. The summed E-state index contributed by atoms with van der Waals surface area (Å²) in [7, 11) is 0. The standard InChI is InChI=1S/C18H22N2O2S.C2H6/c1-14(12-19-18(21)20-7-9-22-10-8-20)15-2-4-16(5-3-15)17-6-11-23-13-17;1-2/h2-6,11,13-14H,7-10,12H2,1H3,(H,19,21);1-2H3. The van der Waals surface area contributed by atoms with Crippen LogP contribution in [0.25, 0.3) is 11.1 Å². The first-order chi connectivity index (χ1) is 12.2. The lowest BCUT2D eigenvalue weighted by molar-refractivity contribution is 0.0532. The van der Waals surface area contributed by atoms with Crippen molar-refractivity contribution in [1.82, 2.24) is 10.2 Å². The average Bonchev–Trinajstić information content (AvgIpc) is 3.23. The summed E-state index contributed by atoms with van der Waals surface area (Å²) in [5.74, 6) is 0.288. The molecule has 2 heterocycles. The molecule has 4 nitrogen and oxygen atoms in total. The van der Waals surface area contributed by atoms with Crippen LogP contribution in [0.15, 0.2) is 41.1 Å². The normalized spacial score (nSPS) is 15.1. The molecule has 1 aliphatic rings. The summed E-state index contributed by atoms with van der Waals surface area (Å²) < 4.78 is 5.27. The largest absolute Gasteiger partial charge is 0.378 e. The van der Waals surface area contributed by atoms with Crippen molar-refractivity contribution in [3.8, 4) is 11.1 Å². The zero-order valence-corrected chi connectivity index (χ0v) is 16.1. The molecule has 1 atom stereocenters. The monoisotopic (exact) mass is 360 g/mol. The number of nitrogens with zero attached hydrogens (tertiary/aromatic N) is 1. The maximum Gasteiger partial charge on any atom is 0.317 e. The van der Waals surface area contributed by atoms with Crippen LogP contribution < -0.4 is 5.32 Å². The molecule has 0 aliphatic carbocycles. The minimum atomic E-state index is 0.00930. The van der Waals surface area contributed by atoms with Crippen LogP contribution in [0.1, 0.15) is 32.3 Å². The molecule has 1 N–H and O–H groups in total. The molecule has 0 bridgehead atoms. The summed E-state index contributed by atoms with van der Waals surface area (Å²) in [6.45, 7) is 9.40. The number of nitrogens with one attached hydrogen (secondary N) is 1. The third kappa shape index (κ3) is 5.58. The maximum atomic E-state index is 12.1. The number of ether oxygens (including phenoxy) is 1. The van der Waals surface area contributed by atoms with Gasteiger partial charge in [0.15, 0.2) is 0 Å². The van der Waals surface area contributed by atoms with Gasteiger partial charge in [0.2, 0.25) is 0 Å². The highest BCUT2D eigenvalue weighted by atomic mass is 32.1. The van der Waals surface area contributed by atoms with Crippen molar-refractivity contribution >= 4 is 17.4 Å². The van der Waals surface area contributed by atoms with E-state index in [2.05, 4.69) is 53.3 Å². The number of carbonyl (C=O) groups excluding carboxylic acids is 1. The van der Waals surface area contributed by atoms with E-state index < -0.39 is 0 Å². The fourth-order valence-corrected chi connectivity index (χ4v) is 3.33. The summed E-state index contributed by atoms with van der Waals surface area (Å²) in [6.07, 6.45) is 0. The Morgan fingerprint density at radius 1 is 1.16 bits per heavy atom. The van der Waals surface area contributed by atoms with E-state index in [1.54, 1.807) is 11.3 Å². The van der Waals surface area contributed by atoms with E-state index in [0.717, 1.165) is 0 Å². The number of morpholine rings is 1. The molecule has 1 fully saturated rings. The van der Waals surface area contributed by atoms with E-state index in [0.29, 0.717) is 32.8 Å². The highest BCUT2D eigenvalue weighted by Gasteiger charge is 2.17. The SMILES string of the molecule is CC.CC(CNC(=O)N1CCOCC1)c1ccc(-c2ccsc2)cc1. The lowest BCUT2D eigenvalue weighted by Crippen LogP contribution is -2.46. The fraction of sp³-hybridized carbons (Fsp3) is 0.450. The van der Waals surface area contributed by atoms with Gasteiger partial charge in [0.1, 0.15) is 0 Å². The topological polar surface area (TPSA) is 41.6 Å². The Labute approximate surface area is 154 Å². The molecule has 3 rings (SSSR count). The Morgan fingerprint density at radius 2 is 1.84 bits per heavy atom. The van der Waals surface area contributed by atoms with Gasteiger partial charge in [-0.2, -0.15) is 11.3 Å². The van der Waals surface area contributed by atoms with Crippen LogP contribution in [0.4, 0.5) is 4.79 Å². The zero-order valence-electron chi connectivity index (χ0n) is 15.3. The summed E-state index contributed by atoms with van der Waals surface area (Å²) in [4.78, 5) is 13.9. The molecule has 2 aromatic rings. The van der Waals surface area contributed by atoms with Gasteiger partial charge in [0.05, 0.1) is 13.2 Å². The van der Waals surface area contributed by atoms with Crippen LogP contribution in [-0.2, 0) is 4.74 Å². The van der Waals surface area contributed by atoms with Crippen LogP contribution in [0.3, 0.4) is 0 Å². The second kappa shape index (κ2) is 10.2. The highest BCUT2D eigenvalue weighted by molar-refractivity contribution is 7.08. The molecule has 1 aliphatic heterocycles. The van der Waals surface area contributed by atoms with Gasteiger partial charge in [-0.1, -0.05) is 45.0 Å². The van der Waals surface area contributed by atoms with E-state index >= 15 is 0 Å². The minimum Gasteiger partial charge on any atom is -0.378 e. The molecule has 1 aromatic carbocycles. The molecule has 0 spiro atoms. The van der Waals surface area contributed by atoms with Gasteiger partial charge >= 0.3 is 6.03 Å². The first kappa shape index (κ1) is 19.5. The van der Waals surface area contributed by atoms with Gasteiger partial charge in [-0.05, 0) is 39.4 Å². The molecule has 25 heavy (non-hydrogen) atoms. The minimum absolute atomic E-state index is 0.00930. The van der Waals surface area contributed by atoms with Gasteiger partial charge < -0.3 is 15.0 Å². The van der Waals surface area contributed by atoms with Gasteiger partial charge in [-0.25, -0.2) is 4.79 Å². The van der Waals surface area contributed by atoms with Gasteiger partial charge in [-0.15, -0.1) is 0 Å². The van der Waals surface area contributed by atoms with Crippen molar-refractivity contribution in [3.05, 3.63) is 46.7 Å². The van der Waals surface area contributed by atoms with Crippen LogP contribution in [0.2, 0.25) is 0 Å². The molecule has 1 saturated heterocycles. The molecular formula is C20H28N2O2S. The molecule has 0 radical (unpaired) electrons. The second-order valence-electron chi connectivity index (χ2n) is 5.82. The van der Waals surface area contributed by atoms with Gasteiger partial charge in [0.25, 0.3) is 0 Å². The zero-order chi connectivity index (χ0) is 18.1. The Bertz CT molecular complexity index is 620. The second-order valence-corrected chi connectivity index (χ2v) is 6.60. The number of rotatable bonds is 4.